The Hall–Kier alpha value is -5.56. The van der Waals surface area contributed by atoms with Crippen LogP contribution in [-0.2, 0) is 12.4 Å². The molecule has 0 aromatic heterocycles. The van der Waals surface area contributed by atoms with E-state index in [1.165, 1.54) is 6.92 Å². The Morgan fingerprint density at radius 2 is 0.805 bits per heavy atom. The fourth-order valence-corrected chi connectivity index (χ4v) is 3.34. The molecule has 0 aliphatic heterocycles. The molecule has 3 aromatic carbocycles. The van der Waals surface area contributed by atoms with Gasteiger partial charge >= 0.3 is 35.1 Å². The van der Waals surface area contributed by atoms with Crippen LogP contribution >= 0.6 is 0 Å². The first-order valence-electron chi connectivity index (χ1n) is 10.3. The molecule has 216 valence electrons. The molecular formula is C21H10F6N4O10. The third-order valence-corrected chi connectivity index (χ3v) is 5.01. The molecule has 0 saturated heterocycles. The lowest BCUT2D eigenvalue weighted by Gasteiger charge is -2.13. The number of benzene rings is 3. The van der Waals surface area contributed by atoms with Crippen LogP contribution in [0.3, 0.4) is 0 Å². The molecule has 0 atom stereocenters. The molecule has 0 radical (unpaired) electrons. The number of halogens is 6. The van der Waals surface area contributed by atoms with E-state index in [0.29, 0.717) is 0 Å². The van der Waals surface area contributed by atoms with Crippen molar-refractivity contribution in [2.45, 2.75) is 19.3 Å². The molecule has 0 fully saturated rings. The third kappa shape index (κ3) is 6.54. The molecule has 14 nitrogen and oxygen atoms in total. The first kappa shape index (κ1) is 30.0. The van der Waals surface area contributed by atoms with Gasteiger partial charge in [0.05, 0.1) is 30.8 Å². The van der Waals surface area contributed by atoms with E-state index in [9.17, 15) is 66.8 Å². The van der Waals surface area contributed by atoms with Gasteiger partial charge in [0.1, 0.15) is 11.5 Å². The SMILES string of the molecule is Cc1cc(Oc2c([N+](=O)[O-])cc(C(F)(F)F)cc2[N+](=O)[O-])cc(Oc2c([N+](=O)[O-])cc(C(F)(F)F)cc2[N+](=O)[O-])c1. The summed E-state index contributed by atoms with van der Waals surface area (Å²) in [5.74, 6) is -3.70. The highest BCUT2D eigenvalue weighted by molar-refractivity contribution is 5.65. The smallest absolute Gasteiger partial charge is 0.416 e. The average molecular weight is 592 g/mol. The summed E-state index contributed by atoms with van der Waals surface area (Å²) in [6, 6.07) is 2.70. The number of alkyl halides is 6. The van der Waals surface area contributed by atoms with Gasteiger partial charge < -0.3 is 9.47 Å². The first-order chi connectivity index (χ1) is 18.8. The summed E-state index contributed by atoms with van der Waals surface area (Å²) in [6.45, 7) is 1.28. The van der Waals surface area contributed by atoms with Crippen LogP contribution in [0.15, 0.2) is 42.5 Å². The Morgan fingerprint density at radius 1 is 0.537 bits per heavy atom. The van der Waals surface area contributed by atoms with Crippen molar-refractivity contribution < 1.29 is 55.5 Å². The predicted octanol–water partition coefficient (Wildman–Crippen LogP) is 7.25. The molecule has 0 spiro atoms. The number of aryl methyl sites for hydroxylation is 1. The van der Waals surface area contributed by atoms with Crippen molar-refractivity contribution in [3.05, 3.63) is 99.6 Å². The van der Waals surface area contributed by atoms with Gasteiger partial charge in [-0.2, -0.15) is 26.3 Å². The quantitative estimate of drug-likeness (QED) is 0.146. The van der Waals surface area contributed by atoms with Crippen molar-refractivity contribution in [3.63, 3.8) is 0 Å². The minimum atomic E-state index is -5.22. The largest absolute Gasteiger partial charge is 0.444 e. The maximum absolute atomic E-state index is 13.2. The number of nitrogens with zero attached hydrogens (tertiary/aromatic N) is 4. The van der Waals surface area contributed by atoms with Crippen LogP contribution in [0.4, 0.5) is 49.1 Å². The summed E-state index contributed by atoms with van der Waals surface area (Å²) in [5, 5.41) is 45.8. The Kier molecular flexibility index (Phi) is 7.71. The zero-order valence-electron chi connectivity index (χ0n) is 19.7. The van der Waals surface area contributed by atoms with Gasteiger partial charge in [-0.1, -0.05) is 0 Å². The van der Waals surface area contributed by atoms with Gasteiger partial charge in [-0.3, -0.25) is 40.5 Å². The summed E-state index contributed by atoms with van der Waals surface area (Å²) in [5.41, 5.74) is -9.27. The highest BCUT2D eigenvalue weighted by Crippen LogP contribution is 2.47. The van der Waals surface area contributed by atoms with Gasteiger partial charge in [-0.25, -0.2) is 0 Å². The molecule has 41 heavy (non-hydrogen) atoms. The van der Waals surface area contributed by atoms with Crippen LogP contribution in [0.25, 0.3) is 0 Å². The highest BCUT2D eigenvalue weighted by Gasteiger charge is 2.40. The average Bonchev–Trinajstić information content (AvgIpc) is 2.81. The number of hydrogen-bond donors (Lipinski definition) is 0. The number of hydrogen-bond acceptors (Lipinski definition) is 10. The van der Waals surface area contributed by atoms with E-state index in [4.69, 9.17) is 9.47 Å². The molecule has 0 heterocycles. The Balaban J connectivity index is 2.18. The molecule has 0 aliphatic carbocycles. The van der Waals surface area contributed by atoms with Crippen LogP contribution in [0.5, 0.6) is 23.0 Å². The Bertz CT molecular complexity index is 1420. The maximum Gasteiger partial charge on any atom is 0.416 e. The van der Waals surface area contributed by atoms with Crippen molar-refractivity contribution in [2.75, 3.05) is 0 Å². The number of nitro groups is 4. The molecule has 20 heteroatoms. The summed E-state index contributed by atoms with van der Waals surface area (Å²) < 4.78 is 89.3. The van der Waals surface area contributed by atoms with Crippen molar-refractivity contribution in [3.8, 4) is 23.0 Å². The van der Waals surface area contributed by atoms with Crippen molar-refractivity contribution in [1.82, 2.24) is 0 Å². The van der Waals surface area contributed by atoms with E-state index in [1.807, 2.05) is 0 Å². The van der Waals surface area contributed by atoms with E-state index in [0.717, 1.165) is 18.2 Å². The minimum Gasteiger partial charge on any atom is -0.444 e. The van der Waals surface area contributed by atoms with Gasteiger partial charge in [-0.15, -0.1) is 0 Å². The minimum absolute atomic E-state index is 0.0233. The number of nitro benzene ring substituents is 4. The van der Waals surface area contributed by atoms with Gasteiger partial charge in [0, 0.05) is 30.3 Å². The monoisotopic (exact) mass is 592 g/mol. The zero-order valence-corrected chi connectivity index (χ0v) is 19.7. The second-order valence-electron chi connectivity index (χ2n) is 7.90. The first-order valence-corrected chi connectivity index (χ1v) is 10.3. The molecule has 3 aromatic rings. The summed E-state index contributed by atoms with van der Waals surface area (Å²) in [4.78, 5) is 40.2. The second kappa shape index (κ2) is 10.5. The van der Waals surface area contributed by atoms with E-state index < -0.39 is 88.9 Å². The van der Waals surface area contributed by atoms with E-state index in [2.05, 4.69) is 0 Å². The Labute approximate surface area is 220 Å². The van der Waals surface area contributed by atoms with E-state index in [-0.39, 0.29) is 29.8 Å². The van der Waals surface area contributed by atoms with Crippen LogP contribution in [0.2, 0.25) is 0 Å². The van der Waals surface area contributed by atoms with E-state index >= 15 is 0 Å². The van der Waals surface area contributed by atoms with Gasteiger partial charge in [0.25, 0.3) is 11.5 Å². The fraction of sp³-hybridized carbons (Fsp3) is 0.143. The highest BCUT2D eigenvalue weighted by atomic mass is 19.4. The van der Waals surface area contributed by atoms with Crippen LogP contribution < -0.4 is 9.47 Å². The van der Waals surface area contributed by atoms with Crippen LogP contribution in [-0.4, -0.2) is 19.7 Å². The number of ether oxygens (including phenoxy) is 2. The lowest BCUT2D eigenvalue weighted by atomic mass is 10.1. The molecular weight excluding hydrogens is 582 g/mol. The fourth-order valence-electron chi connectivity index (χ4n) is 3.34. The summed E-state index contributed by atoms with van der Waals surface area (Å²) >= 11 is 0. The van der Waals surface area contributed by atoms with Crippen molar-refractivity contribution in [1.29, 1.82) is 0 Å². The number of rotatable bonds is 8. The third-order valence-electron chi connectivity index (χ3n) is 5.01. The Morgan fingerprint density at radius 3 is 1.02 bits per heavy atom. The van der Waals surface area contributed by atoms with Crippen molar-refractivity contribution >= 4 is 22.7 Å². The normalized spacial score (nSPS) is 11.6. The standard InChI is InChI=1S/C21H10F6N4O10/c1-9-2-12(40-18-14(28(32)33)4-10(20(22,23)24)5-15(18)29(34)35)8-13(3-9)41-19-16(30(36)37)6-11(21(25,26)27)7-17(19)31(38)39/h2-8H,1H3. The molecule has 0 amide bonds. The molecule has 3 rings (SSSR count). The van der Waals surface area contributed by atoms with Gasteiger partial charge in [0.2, 0.25) is 0 Å². The molecule has 0 aliphatic rings. The summed E-state index contributed by atoms with van der Waals surface area (Å²) in [7, 11) is 0. The van der Waals surface area contributed by atoms with Gasteiger partial charge in [0.15, 0.2) is 0 Å². The molecule has 0 bridgehead atoms. The lowest BCUT2D eigenvalue weighted by Crippen LogP contribution is -2.08. The van der Waals surface area contributed by atoms with Crippen LogP contribution in [0, 0.1) is 47.4 Å². The van der Waals surface area contributed by atoms with Crippen molar-refractivity contribution in [2.24, 2.45) is 0 Å². The van der Waals surface area contributed by atoms with Gasteiger partial charge in [-0.05, 0) is 24.6 Å². The van der Waals surface area contributed by atoms with Crippen LogP contribution in [0.1, 0.15) is 16.7 Å². The lowest BCUT2D eigenvalue weighted by molar-refractivity contribution is -0.396. The molecule has 0 saturated carbocycles. The summed E-state index contributed by atoms with van der Waals surface area (Å²) in [6.07, 6.45) is -10.4. The topological polar surface area (TPSA) is 191 Å². The molecule has 0 unspecified atom stereocenters. The second-order valence-corrected chi connectivity index (χ2v) is 7.90. The maximum atomic E-state index is 13.2. The van der Waals surface area contributed by atoms with E-state index in [1.54, 1.807) is 0 Å². The zero-order chi connectivity index (χ0) is 31.0. The predicted molar refractivity (Wildman–Crippen MR) is 121 cm³/mol. The molecule has 0 N–H and O–H groups in total.